The second-order valence-corrected chi connectivity index (χ2v) is 7.09. The molecule has 9 heteroatoms. The average Bonchev–Trinajstić information content (AvgIpc) is 3.20. The third kappa shape index (κ3) is 5.42. The summed E-state index contributed by atoms with van der Waals surface area (Å²) in [6.07, 6.45) is 1.26. The van der Waals surface area contributed by atoms with Gasteiger partial charge in [0.1, 0.15) is 6.10 Å². The van der Waals surface area contributed by atoms with Gasteiger partial charge in [0.2, 0.25) is 10.0 Å². The fraction of sp³-hybridized carbons (Fsp3) is 0.917. The molecule has 0 aromatic carbocycles. The molecule has 1 saturated carbocycles. The normalized spacial score (nSPS) is 22.6. The molecule has 1 aliphatic heterocycles. The molecular formula is C12H22N2O6S. The number of amides is 1. The summed E-state index contributed by atoms with van der Waals surface area (Å²) in [5.74, 6) is -0.121. The van der Waals surface area contributed by atoms with Crippen molar-refractivity contribution in [3.63, 3.8) is 0 Å². The first-order valence-electron chi connectivity index (χ1n) is 7.03. The van der Waals surface area contributed by atoms with Crippen LogP contribution < -0.4 is 4.72 Å². The van der Waals surface area contributed by atoms with E-state index in [0.717, 1.165) is 12.8 Å². The highest BCUT2D eigenvalue weighted by molar-refractivity contribution is 7.89. The van der Waals surface area contributed by atoms with Gasteiger partial charge in [-0.2, -0.15) is 0 Å². The van der Waals surface area contributed by atoms with Gasteiger partial charge in [-0.25, -0.2) is 17.9 Å². The zero-order valence-corrected chi connectivity index (χ0v) is 12.9. The number of nitrogens with zero attached hydrogens (tertiary/aromatic N) is 1. The van der Waals surface area contributed by atoms with Crippen molar-refractivity contribution in [2.24, 2.45) is 0 Å². The van der Waals surface area contributed by atoms with Crippen LogP contribution in [0.15, 0.2) is 0 Å². The van der Waals surface area contributed by atoms with Gasteiger partial charge in [-0.3, -0.25) is 0 Å². The minimum atomic E-state index is -3.42. The van der Waals surface area contributed by atoms with Crippen LogP contribution in [-0.4, -0.2) is 77.3 Å². The zero-order chi connectivity index (χ0) is 15.3. The van der Waals surface area contributed by atoms with E-state index >= 15 is 0 Å². The third-order valence-electron chi connectivity index (χ3n) is 3.35. The molecule has 122 valence electrons. The quantitative estimate of drug-likeness (QED) is 0.548. The van der Waals surface area contributed by atoms with Gasteiger partial charge in [-0.1, -0.05) is 0 Å². The van der Waals surface area contributed by atoms with E-state index < -0.39 is 16.1 Å². The predicted octanol–water partition coefficient (Wildman–Crippen LogP) is -0.448. The van der Waals surface area contributed by atoms with E-state index in [4.69, 9.17) is 14.2 Å². The number of nitrogens with one attached hydrogen (secondary N) is 1. The average molecular weight is 322 g/mol. The summed E-state index contributed by atoms with van der Waals surface area (Å²) < 4.78 is 41.0. The SMILES string of the molecule is COCCOCCS(=O)(=O)NCC1CN(C2CC2)C(=O)O1. The van der Waals surface area contributed by atoms with E-state index in [2.05, 4.69) is 4.72 Å². The van der Waals surface area contributed by atoms with Crippen molar-refractivity contribution in [3.05, 3.63) is 0 Å². The molecule has 0 spiro atoms. The van der Waals surface area contributed by atoms with Crippen molar-refractivity contribution in [1.82, 2.24) is 9.62 Å². The lowest BCUT2D eigenvalue weighted by molar-refractivity contribution is 0.0784. The highest BCUT2D eigenvalue weighted by atomic mass is 32.2. The Bertz CT molecular complexity index is 451. The van der Waals surface area contributed by atoms with E-state index in [-0.39, 0.29) is 31.0 Å². The second-order valence-electron chi connectivity index (χ2n) is 5.16. The third-order valence-corrected chi connectivity index (χ3v) is 4.66. The van der Waals surface area contributed by atoms with Gasteiger partial charge >= 0.3 is 6.09 Å². The minimum absolute atomic E-state index is 0.107. The maximum Gasteiger partial charge on any atom is 0.410 e. The Morgan fingerprint density at radius 3 is 2.76 bits per heavy atom. The van der Waals surface area contributed by atoms with Gasteiger partial charge in [0.25, 0.3) is 0 Å². The zero-order valence-electron chi connectivity index (χ0n) is 12.1. The smallest absolute Gasteiger partial charge is 0.410 e. The van der Waals surface area contributed by atoms with Crippen LogP contribution in [0.3, 0.4) is 0 Å². The van der Waals surface area contributed by atoms with Crippen molar-refractivity contribution >= 4 is 16.1 Å². The number of carbonyl (C=O) groups excluding carboxylic acids is 1. The van der Waals surface area contributed by atoms with Crippen molar-refractivity contribution in [2.45, 2.75) is 25.0 Å². The van der Waals surface area contributed by atoms with Crippen LogP contribution in [0.4, 0.5) is 4.79 Å². The molecule has 2 fully saturated rings. The molecule has 1 aliphatic carbocycles. The first-order valence-corrected chi connectivity index (χ1v) is 8.68. The predicted molar refractivity (Wildman–Crippen MR) is 74.5 cm³/mol. The van der Waals surface area contributed by atoms with Gasteiger partial charge in [0.05, 0.1) is 32.1 Å². The Balaban J connectivity index is 1.63. The van der Waals surface area contributed by atoms with Crippen molar-refractivity contribution in [1.29, 1.82) is 0 Å². The molecule has 1 unspecified atom stereocenters. The van der Waals surface area contributed by atoms with Gasteiger partial charge < -0.3 is 19.1 Å². The fourth-order valence-electron chi connectivity index (χ4n) is 2.04. The Kier molecular flexibility index (Phi) is 5.80. The molecule has 0 aromatic heterocycles. The number of methoxy groups -OCH3 is 1. The number of sulfonamides is 1. The van der Waals surface area contributed by atoms with Gasteiger partial charge in [0.15, 0.2) is 0 Å². The highest BCUT2D eigenvalue weighted by Crippen LogP contribution is 2.30. The summed E-state index contributed by atoms with van der Waals surface area (Å²) in [4.78, 5) is 13.2. The van der Waals surface area contributed by atoms with Gasteiger partial charge in [-0.05, 0) is 12.8 Å². The maximum absolute atomic E-state index is 11.8. The largest absolute Gasteiger partial charge is 0.443 e. The topological polar surface area (TPSA) is 94.2 Å². The van der Waals surface area contributed by atoms with Gasteiger partial charge in [-0.15, -0.1) is 0 Å². The van der Waals surface area contributed by atoms with Crippen LogP contribution in [0, 0.1) is 0 Å². The summed E-state index contributed by atoms with van der Waals surface area (Å²) in [6, 6.07) is 0.285. The van der Waals surface area contributed by atoms with Crippen LogP contribution in [-0.2, 0) is 24.2 Å². The summed E-state index contributed by atoms with van der Waals surface area (Å²) in [7, 11) is -1.87. The number of hydrogen-bond acceptors (Lipinski definition) is 6. The lowest BCUT2D eigenvalue weighted by Crippen LogP contribution is -2.37. The molecule has 1 amide bonds. The molecule has 21 heavy (non-hydrogen) atoms. The summed E-state index contributed by atoms with van der Waals surface area (Å²) in [6.45, 7) is 1.47. The summed E-state index contributed by atoms with van der Waals surface area (Å²) in [5.41, 5.74) is 0. The van der Waals surface area contributed by atoms with E-state index in [1.165, 1.54) is 0 Å². The molecule has 0 bridgehead atoms. The van der Waals surface area contributed by atoms with Crippen molar-refractivity contribution in [2.75, 3.05) is 45.8 Å². The molecule has 2 aliphatic rings. The number of cyclic esters (lactones) is 1. The molecular weight excluding hydrogens is 300 g/mol. The Hall–Kier alpha value is -0.900. The number of ether oxygens (including phenoxy) is 3. The van der Waals surface area contributed by atoms with E-state index in [1.54, 1.807) is 12.0 Å². The molecule has 2 rings (SSSR count). The summed E-state index contributed by atoms with van der Waals surface area (Å²) >= 11 is 0. The molecule has 1 N–H and O–H groups in total. The lowest BCUT2D eigenvalue weighted by Gasteiger charge is -2.12. The molecule has 8 nitrogen and oxygen atoms in total. The Labute approximate surface area is 124 Å². The number of carbonyl (C=O) groups is 1. The van der Waals surface area contributed by atoms with E-state index in [1.807, 2.05) is 0 Å². The van der Waals surface area contributed by atoms with Crippen LogP contribution >= 0.6 is 0 Å². The molecule has 0 aromatic rings. The standard InChI is InChI=1S/C12H22N2O6S/c1-18-4-5-19-6-7-21(16,17)13-8-11-9-14(10-2-3-10)12(15)20-11/h10-11,13H,2-9H2,1H3. The molecule has 1 saturated heterocycles. The van der Waals surface area contributed by atoms with E-state index in [0.29, 0.717) is 19.8 Å². The van der Waals surface area contributed by atoms with E-state index in [9.17, 15) is 13.2 Å². The van der Waals surface area contributed by atoms with Crippen molar-refractivity contribution < 1.29 is 27.4 Å². The minimum Gasteiger partial charge on any atom is -0.443 e. The molecule has 0 radical (unpaired) electrons. The van der Waals surface area contributed by atoms with Crippen LogP contribution in [0.2, 0.25) is 0 Å². The number of hydrogen-bond donors (Lipinski definition) is 1. The molecule has 1 heterocycles. The van der Waals surface area contributed by atoms with Crippen molar-refractivity contribution in [3.8, 4) is 0 Å². The fourth-order valence-corrected chi connectivity index (χ4v) is 2.96. The highest BCUT2D eigenvalue weighted by Gasteiger charge is 2.41. The molecule has 1 atom stereocenters. The summed E-state index contributed by atoms with van der Waals surface area (Å²) in [5, 5.41) is 0. The number of rotatable bonds is 10. The van der Waals surface area contributed by atoms with Gasteiger partial charge in [0, 0.05) is 19.7 Å². The van der Waals surface area contributed by atoms with Crippen LogP contribution in [0.5, 0.6) is 0 Å². The van der Waals surface area contributed by atoms with Crippen LogP contribution in [0.25, 0.3) is 0 Å². The first kappa shape index (κ1) is 16.5. The lowest BCUT2D eigenvalue weighted by atomic mass is 10.3. The second kappa shape index (κ2) is 7.39. The van der Waals surface area contributed by atoms with Crippen LogP contribution in [0.1, 0.15) is 12.8 Å². The first-order chi connectivity index (χ1) is 10.0. The monoisotopic (exact) mass is 322 g/mol. The maximum atomic E-state index is 11.8. The Morgan fingerprint density at radius 2 is 2.10 bits per heavy atom. The Morgan fingerprint density at radius 1 is 1.33 bits per heavy atom.